The zero-order valence-electron chi connectivity index (χ0n) is 54.9. The molecule has 0 saturated heterocycles. The van der Waals surface area contributed by atoms with Crippen LogP contribution in [0.15, 0.2) is 65.5 Å². The third-order valence-electron chi connectivity index (χ3n) is 20.1. The van der Waals surface area contributed by atoms with Gasteiger partial charge in [-0.3, -0.25) is 38.4 Å². The van der Waals surface area contributed by atoms with Crippen LogP contribution in [0.3, 0.4) is 0 Å². The number of halogens is 1. The molecule has 26 nitrogen and oxygen atoms in total. The molecule has 3 saturated carbocycles. The van der Waals surface area contributed by atoms with Gasteiger partial charge in [0.15, 0.2) is 5.60 Å². The number of H-pyrrole nitrogens is 1. The molecule has 2 bridgehead atoms. The Bertz CT molecular complexity index is 4190. The minimum absolute atomic E-state index is 0.0158. The molecule has 4 aliphatic carbocycles. The maximum absolute atomic E-state index is 15.5. The highest BCUT2D eigenvalue weighted by Gasteiger charge is 2.71. The van der Waals surface area contributed by atoms with Crippen molar-refractivity contribution >= 4 is 63.9 Å². The van der Waals surface area contributed by atoms with Gasteiger partial charge in [-0.25, -0.2) is 14.2 Å². The van der Waals surface area contributed by atoms with Gasteiger partial charge in [-0.1, -0.05) is 63.2 Å². The van der Waals surface area contributed by atoms with Crippen LogP contribution in [0.1, 0.15) is 136 Å². The van der Waals surface area contributed by atoms with Gasteiger partial charge in [-0.15, -0.1) is 0 Å². The molecule has 7 amide bonds. The van der Waals surface area contributed by atoms with E-state index in [-0.39, 0.29) is 112 Å². The Labute approximate surface area is 558 Å². The Balaban J connectivity index is 0.551. The van der Waals surface area contributed by atoms with E-state index in [0.29, 0.717) is 109 Å². The van der Waals surface area contributed by atoms with Crippen molar-refractivity contribution in [3.8, 4) is 33.9 Å². The van der Waals surface area contributed by atoms with Crippen LogP contribution in [0, 0.1) is 29.5 Å². The number of benzene rings is 3. The molecule has 13 rings (SSSR count). The summed E-state index contributed by atoms with van der Waals surface area (Å²) in [6.45, 7) is 7.80. The van der Waals surface area contributed by atoms with E-state index in [9.17, 15) is 48.3 Å². The van der Waals surface area contributed by atoms with Crippen molar-refractivity contribution in [2.75, 3.05) is 57.5 Å². The van der Waals surface area contributed by atoms with Crippen molar-refractivity contribution in [2.45, 2.75) is 148 Å². The van der Waals surface area contributed by atoms with E-state index in [1.165, 1.54) is 10.6 Å². The van der Waals surface area contributed by atoms with Crippen LogP contribution < -0.4 is 48.1 Å². The first-order valence-electron chi connectivity index (χ1n) is 33.4. The van der Waals surface area contributed by atoms with Crippen LogP contribution in [-0.4, -0.2) is 142 Å². The first kappa shape index (κ1) is 67.7. The van der Waals surface area contributed by atoms with E-state index in [1.54, 1.807) is 38.7 Å². The van der Waals surface area contributed by atoms with E-state index >= 15 is 4.39 Å². The Morgan fingerprint density at radius 1 is 0.814 bits per heavy atom. The number of aryl methyl sites for hydroxylation is 1. The number of aromatic amines is 1. The minimum atomic E-state index is -2.06. The van der Waals surface area contributed by atoms with Crippen LogP contribution in [0.4, 0.5) is 10.1 Å². The van der Waals surface area contributed by atoms with Crippen molar-refractivity contribution in [2.24, 2.45) is 22.5 Å². The topological polar surface area (TPSA) is 362 Å². The number of aromatic nitrogens is 5. The molecule has 6 aromatic rings. The molecule has 10 N–H and O–H groups in total. The third-order valence-corrected chi connectivity index (χ3v) is 20.1. The van der Waals surface area contributed by atoms with Gasteiger partial charge in [0.2, 0.25) is 41.4 Å². The summed E-state index contributed by atoms with van der Waals surface area (Å²) in [6, 6.07) is 15.5. The number of cyclic esters (lactones) is 1. The van der Waals surface area contributed by atoms with Gasteiger partial charge >= 0.3 is 5.97 Å². The number of para-hydroxylation sites is 1. The largest absolute Gasteiger partial charge is 0.458 e. The van der Waals surface area contributed by atoms with Gasteiger partial charge in [0.1, 0.15) is 35.9 Å². The zero-order chi connectivity index (χ0) is 68.5. The summed E-state index contributed by atoms with van der Waals surface area (Å²) in [5.74, 6) is -4.39. The second-order valence-corrected chi connectivity index (χ2v) is 26.8. The molecule has 4 unspecified atom stereocenters. The molecule has 3 aliphatic heterocycles. The number of nitrogens with zero attached hydrogens (tertiary/aromatic N) is 5. The van der Waals surface area contributed by atoms with Gasteiger partial charge in [-0.2, -0.15) is 15.4 Å². The van der Waals surface area contributed by atoms with Crippen molar-refractivity contribution in [3.63, 3.8) is 0 Å². The van der Waals surface area contributed by atoms with Gasteiger partial charge < -0.3 is 66.4 Å². The monoisotopic (exact) mass is 1330 g/mol. The molecular weight excluding hydrogens is 1250 g/mol. The molecule has 3 fully saturated rings. The number of carbonyl (C=O) groups excluding carboxylic acids is 8. The molecule has 512 valence electrons. The van der Waals surface area contributed by atoms with Gasteiger partial charge in [-0.05, 0) is 117 Å². The first-order valence-corrected chi connectivity index (χ1v) is 33.4. The molecule has 3 aromatic carbocycles. The van der Waals surface area contributed by atoms with E-state index < -0.39 is 82.6 Å². The number of amides is 7. The predicted molar refractivity (Wildman–Crippen MR) is 352 cm³/mol. The second kappa shape index (κ2) is 28.0. The van der Waals surface area contributed by atoms with Gasteiger partial charge in [0, 0.05) is 66.1 Å². The predicted octanol–water partition coefficient (Wildman–Crippen LogP) is 4.11. The number of anilines is 1. The fraction of sp³-hybridized carbons (Fsp3) is 0.486. The molecule has 0 spiro atoms. The highest BCUT2D eigenvalue weighted by atomic mass is 19.1. The lowest BCUT2D eigenvalue weighted by Crippen LogP contribution is -2.70. The number of esters is 1. The molecule has 4 atom stereocenters. The zero-order valence-corrected chi connectivity index (χ0v) is 54.9. The number of unbranched alkanes of at least 4 members (excludes halogenated alkanes) is 1. The van der Waals surface area contributed by atoms with Crippen LogP contribution in [0.25, 0.3) is 44.8 Å². The molecule has 6 heterocycles. The van der Waals surface area contributed by atoms with Crippen molar-refractivity contribution in [1.29, 1.82) is 0 Å². The Hall–Kier alpha value is -9.31. The number of ether oxygens (including phenoxy) is 3. The van der Waals surface area contributed by atoms with E-state index in [1.807, 2.05) is 48.5 Å². The molecule has 3 aromatic heterocycles. The molecule has 97 heavy (non-hydrogen) atoms. The summed E-state index contributed by atoms with van der Waals surface area (Å²) in [6.07, 6.45) is 3.99. The lowest BCUT2D eigenvalue weighted by Gasteiger charge is -2.69. The van der Waals surface area contributed by atoms with E-state index in [2.05, 4.69) is 47.3 Å². The Kier molecular flexibility index (Phi) is 19.6. The second-order valence-electron chi connectivity index (χ2n) is 26.8. The average Bonchev–Trinajstić information content (AvgIpc) is 1.04. The minimum Gasteiger partial charge on any atom is -0.458 e. The summed E-state index contributed by atoms with van der Waals surface area (Å²) < 4.78 is 33.5. The summed E-state index contributed by atoms with van der Waals surface area (Å²) >= 11 is 0. The van der Waals surface area contributed by atoms with Crippen molar-refractivity contribution in [1.82, 2.24) is 56.9 Å². The van der Waals surface area contributed by atoms with Crippen molar-refractivity contribution < 1.29 is 62.1 Å². The first-order chi connectivity index (χ1) is 46.7. The number of hydrogen-bond acceptors (Lipinski definition) is 17. The number of pyridine rings is 2. The number of nitrogens with one attached hydrogen (secondary N) is 7. The molecule has 0 radical (unpaired) electrons. The quantitative estimate of drug-likeness (QED) is 0.0246. The highest BCUT2D eigenvalue weighted by molar-refractivity contribution is 6.01. The van der Waals surface area contributed by atoms with Crippen LogP contribution in [0.5, 0.6) is 0 Å². The number of fused-ring (bicyclic) bond motifs is 10. The standard InChI is InChI=1S/C70H82FN13O13/c1-5-70(94)46-28-52-60-44(32-84(52)65(91)45(46)33-97-67(70)93)58-48(18-17-41-39(4)47(71)29-50(77-60)57(41)58)76-55(87)30-74-63(89)49(15-10-11-22-72)78-64(90)59(38(2)3)79-54(86)21-25-96-27-26-95-24-20-53(85)75-37-68-34-69(35-68,36-68)66(92)73-23-19-56(88)83-31-40-12-6-7-13-42(40)61-62(81-82-80-61)43-14-8-9-16-51(43)83/h6-9,12-14,16,28-29,38,48-49,59,94H,5,10-11,15,17-27,30-37,72H2,1-4H3,(H,73,92)(H,74,89)(H,75,85)(H,76,87)(H,78,90)(H,79,86)(H,80,81,82). The molecular formula is C70H82FN13O13. The number of hydrogen-bond donors (Lipinski definition) is 9. The lowest BCUT2D eigenvalue weighted by molar-refractivity contribution is -0.205. The van der Waals surface area contributed by atoms with E-state index in [4.69, 9.17) is 24.9 Å². The number of nitrogens with two attached hydrogens (primary N) is 1. The van der Waals surface area contributed by atoms with Crippen LogP contribution >= 0.6 is 0 Å². The fourth-order valence-corrected chi connectivity index (χ4v) is 15.0. The number of rotatable bonds is 28. The molecule has 27 heteroatoms. The third kappa shape index (κ3) is 13.2. The van der Waals surface area contributed by atoms with Crippen LogP contribution in [-0.2, 0) is 84.3 Å². The summed E-state index contributed by atoms with van der Waals surface area (Å²) in [5.41, 5.74) is 11.0. The van der Waals surface area contributed by atoms with E-state index in [0.717, 1.165) is 33.6 Å². The van der Waals surface area contributed by atoms with Gasteiger partial charge in [0.25, 0.3) is 5.56 Å². The summed E-state index contributed by atoms with van der Waals surface area (Å²) in [4.78, 5) is 129. The SMILES string of the molecule is CCC1(O)C(=O)OCc2c1cc1n(c2=O)Cc2c-1nc1cc(F)c(C)c3c1c2C(NC(=O)CNC(=O)C(CCCCN)NC(=O)C(NC(=O)CCOCCOCCC(=O)NCC12CC(C(=O)NCCC(=O)N4Cc5ccccc5-c5n[nH]nc5-c5ccccc54)(C1)C2)C(C)C)CC3. The lowest BCUT2D eigenvalue weighted by atomic mass is 9.35. The summed E-state index contributed by atoms with van der Waals surface area (Å²) in [7, 11) is 0. The Morgan fingerprint density at radius 3 is 2.26 bits per heavy atom. The smallest absolute Gasteiger partial charge is 0.343 e. The number of carbonyl (C=O) groups is 8. The average molecular weight is 1330 g/mol. The number of aliphatic hydroxyl groups is 1. The maximum Gasteiger partial charge on any atom is 0.343 e. The fourth-order valence-electron chi connectivity index (χ4n) is 15.0. The molecule has 7 aliphatic rings. The van der Waals surface area contributed by atoms with Crippen molar-refractivity contribution in [3.05, 3.63) is 116 Å². The highest BCUT2D eigenvalue weighted by Crippen LogP contribution is 2.73. The maximum atomic E-state index is 15.5. The van der Waals surface area contributed by atoms with Crippen LogP contribution in [0.2, 0.25) is 0 Å². The normalized spacial score (nSPS) is 20.3. The summed E-state index contributed by atoms with van der Waals surface area (Å²) in [5, 5.41) is 41.0. The Morgan fingerprint density at radius 2 is 1.53 bits per heavy atom. The van der Waals surface area contributed by atoms with Gasteiger partial charge in [0.05, 0.1) is 85.7 Å².